The zero-order chi connectivity index (χ0) is 21.3. The Labute approximate surface area is 177 Å². The smallest absolute Gasteiger partial charge is 0.251 e. The predicted molar refractivity (Wildman–Crippen MR) is 117 cm³/mol. The summed E-state index contributed by atoms with van der Waals surface area (Å²) in [6, 6.07) is 25.5. The maximum absolute atomic E-state index is 13.3. The summed E-state index contributed by atoms with van der Waals surface area (Å²) in [6.07, 6.45) is 0.411. The lowest BCUT2D eigenvalue weighted by atomic mass is 10.0. The minimum atomic E-state index is -0.681. The molecular weight excluding hydrogens is 376 g/mol. The molecule has 1 unspecified atom stereocenters. The average molecular weight is 402 g/mol. The molecule has 0 heterocycles. The summed E-state index contributed by atoms with van der Waals surface area (Å²) in [6.45, 7) is 0.384. The number of rotatable bonds is 8. The highest BCUT2D eigenvalue weighted by Crippen LogP contribution is 2.19. The van der Waals surface area contributed by atoms with Crippen molar-refractivity contribution in [2.75, 3.05) is 14.2 Å². The zero-order valence-electron chi connectivity index (χ0n) is 17.2. The number of amides is 2. The fraction of sp³-hybridized carbons (Fsp3) is 0.200. The highest BCUT2D eigenvalue weighted by molar-refractivity contribution is 5.97. The van der Waals surface area contributed by atoms with Gasteiger partial charge in [-0.25, -0.2) is 0 Å². The van der Waals surface area contributed by atoms with E-state index in [1.165, 1.54) is 0 Å². The highest BCUT2D eigenvalue weighted by Gasteiger charge is 2.25. The van der Waals surface area contributed by atoms with Crippen molar-refractivity contribution >= 4 is 11.8 Å². The molecule has 2 amide bonds. The maximum atomic E-state index is 13.3. The largest absolute Gasteiger partial charge is 0.496 e. The lowest BCUT2D eigenvalue weighted by Crippen LogP contribution is -2.48. The van der Waals surface area contributed by atoms with Crippen LogP contribution in [0, 0.1) is 0 Å². The van der Waals surface area contributed by atoms with Gasteiger partial charge in [-0.2, -0.15) is 0 Å². The molecular formula is C25H26N2O3. The van der Waals surface area contributed by atoms with Gasteiger partial charge >= 0.3 is 0 Å². The molecule has 0 saturated carbocycles. The molecule has 0 aliphatic rings. The SMILES string of the molecule is COc1ccccc1CN(C)C(=O)C(Cc1ccccc1)NC(=O)c1ccccc1. The number of methoxy groups -OCH3 is 1. The standard InChI is InChI=1S/C25H26N2O3/c1-27(18-21-15-9-10-16-23(21)30-2)25(29)22(17-19-11-5-3-6-12-19)26-24(28)20-13-7-4-8-14-20/h3-16,22H,17-18H2,1-2H3,(H,26,28). The van der Waals surface area contributed by atoms with Crippen molar-refractivity contribution in [3.05, 3.63) is 102 Å². The van der Waals surface area contributed by atoms with E-state index in [0.717, 1.165) is 16.9 Å². The Morgan fingerprint density at radius 1 is 0.900 bits per heavy atom. The lowest BCUT2D eigenvalue weighted by Gasteiger charge is -2.25. The van der Waals surface area contributed by atoms with Crippen molar-refractivity contribution in [1.82, 2.24) is 10.2 Å². The normalized spacial score (nSPS) is 11.4. The molecule has 0 saturated heterocycles. The maximum Gasteiger partial charge on any atom is 0.251 e. The molecule has 5 nitrogen and oxygen atoms in total. The van der Waals surface area contributed by atoms with Gasteiger partial charge in [0, 0.05) is 31.1 Å². The average Bonchev–Trinajstić information content (AvgIpc) is 2.79. The van der Waals surface area contributed by atoms with E-state index >= 15 is 0 Å². The quantitative estimate of drug-likeness (QED) is 0.625. The molecule has 3 aromatic carbocycles. The van der Waals surface area contributed by atoms with Gasteiger partial charge in [-0.05, 0) is 23.8 Å². The van der Waals surface area contributed by atoms with Gasteiger partial charge in [0.15, 0.2) is 0 Å². The van der Waals surface area contributed by atoms with Crippen molar-refractivity contribution in [2.45, 2.75) is 19.0 Å². The Balaban J connectivity index is 1.79. The predicted octanol–water partition coefficient (Wildman–Crippen LogP) is 3.69. The van der Waals surface area contributed by atoms with Crippen LogP contribution in [0.15, 0.2) is 84.9 Å². The molecule has 0 bridgehead atoms. The number of ether oxygens (including phenoxy) is 1. The number of hydrogen-bond donors (Lipinski definition) is 1. The van der Waals surface area contributed by atoms with Crippen LogP contribution in [-0.2, 0) is 17.8 Å². The van der Waals surface area contributed by atoms with Crippen molar-refractivity contribution in [2.24, 2.45) is 0 Å². The lowest BCUT2D eigenvalue weighted by molar-refractivity contribution is -0.132. The molecule has 0 aliphatic carbocycles. The number of benzene rings is 3. The summed E-state index contributed by atoms with van der Waals surface area (Å²) in [5.74, 6) is 0.301. The third-order valence-corrected chi connectivity index (χ3v) is 4.90. The third kappa shape index (κ3) is 5.47. The summed E-state index contributed by atoms with van der Waals surface area (Å²) in [5.41, 5.74) is 2.41. The minimum absolute atomic E-state index is 0.158. The Hall–Kier alpha value is -3.60. The molecule has 3 aromatic rings. The van der Waals surface area contributed by atoms with Gasteiger partial charge in [0.05, 0.1) is 7.11 Å². The van der Waals surface area contributed by atoms with E-state index in [4.69, 9.17) is 4.74 Å². The third-order valence-electron chi connectivity index (χ3n) is 4.90. The molecule has 0 aromatic heterocycles. The zero-order valence-corrected chi connectivity index (χ0v) is 17.2. The molecule has 3 rings (SSSR count). The highest BCUT2D eigenvalue weighted by atomic mass is 16.5. The van der Waals surface area contributed by atoms with Gasteiger partial charge in [-0.3, -0.25) is 9.59 Å². The van der Waals surface area contributed by atoms with Gasteiger partial charge in [0.1, 0.15) is 11.8 Å². The van der Waals surface area contributed by atoms with Gasteiger partial charge in [0.25, 0.3) is 5.91 Å². The molecule has 0 spiro atoms. The van der Waals surface area contributed by atoms with Crippen LogP contribution >= 0.6 is 0 Å². The Kier molecular flexibility index (Phi) is 7.22. The molecule has 1 atom stereocenters. The first kappa shape index (κ1) is 21.1. The van der Waals surface area contributed by atoms with Crippen LogP contribution < -0.4 is 10.1 Å². The van der Waals surface area contributed by atoms with Crippen LogP contribution in [0.1, 0.15) is 21.5 Å². The number of para-hydroxylation sites is 1. The second-order valence-corrected chi connectivity index (χ2v) is 7.09. The van der Waals surface area contributed by atoms with Crippen LogP contribution in [0.5, 0.6) is 5.75 Å². The molecule has 0 fully saturated rings. The van der Waals surface area contributed by atoms with E-state index in [1.807, 2.05) is 60.7 Å². The Bertz CT molecular complexity index is 974. The topological polar surface area (TPSA) is 58.6 Å². The second-order valence-electron chi connectivity index (χ2n) is 7.09. The molecule has 5 heteroatoms. The minimum Gasteiger partial charge on any atom is -0.496 e. The van der Waals surface area contributed by atoms with Crippen LogP contribution in [0.3, 0.4) is 0 Å². The number of carbonyl (C=O) groups is 2. The van der Waals surface area contributed by atoms with Gasteiger partial charge in [0.2, 0.25) is 5.91 Å². The number of hydrogen-bond acceptors (Lipinski definition) is 3. The van der Waals surface area contributed by atoms with Crippen molar-refractivity contribution in [1.29, 1.82) is 0 Å². The van der Waals surface area contributed by atoms with Crippen LogP contribution in [0.25, 0.3) is 0 Å². The summed E-state index contributed by atoms with van der Waals surface area (Å²) in [5, 5.41) is 2.92. The van der Waals surface area contributed by atoms with Crippen LogP contribution in [0.2, 0.25) is 0 Å². The number of nitrogens with zero attached hydrogens (tertiary/aromatic N) is 1. The Morgan fingerprint density at radius 2 is 1.50 bits per heavy atom. The van der Waals surface area contributed by atoms with Crippen molar-refractivity contribution in [3.8, 4) is 5.75 Å². The molecule has 0 aliphatic heterocycles. The van der Waals surface area contributed by atoms with E-state index in [-0.39, 0.29) is 11.8 Å². The molecule has 30 heavy (non-hydrogen) atoms. The fourth-order valence-electron chi connectivity index (χ4n) is 3.31. The van der Waals surface area contributed by atoms with Gasteiger partial charge in [-0.15, -0.1) is 0 Å². The summed E-state index contributed by atoms with van der Waals surface area (Å²) < 4.78 is 5.40. The number of nitrogens with one attached hydrogen (secondary N) is 1. The fourth-order valence-corrected chi connectivity index (χ4v) is 3.31. The van der Waals surface area contributed by atoms with E-state index in [0.29, 0.717) is 18.5 Å². The summed E-state index contributed by atoms with van der Waals surface area (Å²) >= 11 is 0. The number of carbonyl (C=O) groups excluding carboxylic acids is 2. The second kappa shape index (κ2) is 10.3. The first-order valence-electron chi connectivity index (χ1n) is 9.85. The Morgan fingerprint density at radius 3 is 2.17 bits per heavy atom. The van der Waals surface area contributed by atoms with E-state index in [9.17, 15) is 9.59 Å². The first-order valence-corrected chi connectivity index (χ1v) is 9.85. The monoisotopic (exact) mass is 402 g/mol. The summed E-state index contributed by atoms with van der Waals surface area (Å²) in [7, 11) is 3.35. The van der Waals surface area contributed by atoms with Crippen molar-refractivity contribution < 1.29 is 14.3 Å². The van der Waals surface area contributed by atoms with E-state index in [1.54, 1.807) is 43.3 Å². The van der Waals surface area contributed by atoms with Crippen LogP contribution in [0.4, 0.5) is 0 Å². The molecule has 1 N–H and O–H groups in total. The molecule has 0 radical (unpaired) electrons. The number of likely N-dealkylation sites (N-methyl/N-ethyl adjacent to an activating group) is 1. The van der Waals surface area contributed by atoms with Crippen molar-refractivity contribution in [3.63, 3.8) is 0 Å². The summed E-state index contributed by atoms with van der Waals surface area (Å²) in [4.78, 5) is 27.6. The van der Waals surface area contributed by atoms with Gasteiger partial charge in [-0.1, -0.05) is 66.7 Å². The first-order chi connectivity index (χ1) is 14.6. The van der Waals surface area contributed by atoms with E-state index < -0.39 is 6.04 Å². The van der Waals surface area contributed by atoms with Crippen LogP contribution in [-0.4, -0.2) is 36.9 Å². The molecule has 154 valence electrons. The van der Waals surface area contributed by atoms with E-state index in [2.05, 4.69) is 5.32 Å². The van der Waals surface area contributed by atoms with Gasteiger partial charge < -0.3 is 15.0 Å².